The number of benzene rings is 1. The third-order valence-electron chi connectivity index (χ3n) is 5.74. The van der Waals surface area contributed by atoms with Gasteiger partial charge in [0.1, 0.15) is 11.4 Å². The van der Waals surface area contributed by atoms with Gasteiger partial charge in [0.05, 0.1) is 22.7 Å². The minimum absolute atomic E-state index is 0.0871. The first-order valence-corrected chi connectivity index (χ1v) is 11.2. The van der Waals surface area contributed by atoms with E-state index >= 15 is 0 Å². The zero-order valence-electron chi connectivity index (χ0n) is 18.0. The van der Waals surface area contributed by atoms with Crippen LogP contribution in [0.3, 0.4) is 0 Å². The fourth-order valence-corrected chi connectivity index (χ4v) is 5.02. The molecule has 1 atom stereocenters. The Morgan fingerprint density at radius 1 is 1.27 bits per heavy atom. The number of fused-ring (bicyclic) bond motifs is 1. The van der Waals surface area contributed by atoms with Crippen LogP contribution in [0.4, 0.5) is 13.2 Å². The summed E-state index contributed by atoms with van der Waals surface area (Å²) in [4.78, 5) is 40.3. The number of carbonyl (C=O) groups excluding carboxylic acids is 1. The first-order chi connectivity index (χ1) is 15.6. The van der Waals surface area contributed by atoms with Gasteiger partial charge in [-0.3, -0.25) is 14.2 Å². The van der Waals surface area contributed by atoms with Gasteiger partial charge in [0.2, 0.25) is 5.91 Å². The van der Waals surface area contributed by atoms with Crippen molar-refractivity contribution in [1.29, 1.82) is 0 Å². The molecule has 0 radical (unpaired) electrons. The second kappa shape index (κ2) is 8.79. The lowest BCUT2D eigenvalue weighted by atomic mass is 10.2. The van der Waals surface area contributed by atoms with Gasteiger partial charge in [-0.2, -0.15) is 13.2 Å². The number of aryl methyl sites for hydroxylation is 2. The molecule has 1 aliphatic rings. The summed E-state index contributed by atoms with van der Waals surface area (Å²) < 4.78 is 47.0. The van der Waals surface area contributed by atoms with Crippen LogP contribution in [-0.4, -0.2) is 34.3 Å². The van der Waals surface area contributed by atoms with E-state index in [1.165, 1.54) is 17.4 Å². The topological polar surface area (TPSA) is 82.3 Å². The highest BCUT2D eigenvalue weighted by atomic mass is 32.1. The highest BCUT2D eigenvalue weighted by Gasteiger charge is 2.31. The predicted octanol–water partition coefficient (Wildman–Crippen LogP) is 3.14. The van der Waals surface area contributed by atoms with E-state index in [4.69, 9.17) is 4.74 Å². The second-order valence-electron chi connectivity index (χ2n) is 7.96. The molecule has 0 aliphatic carbocycles. The molecule has 1 aliphatic heterocycles. The Balaban J connectivity index is 1.82. The van der Waals surface area contributed by atoms with Crippen LogP contribution in [0.2, 0.25) is 0 Å². The largest absolute Gasteiger partial charge is 0.416 e. The van der Waals surface area contributed by atoms with E-state index in [1.807, 2.05) is 0 Å². The number of amides is 1. The van der Waals surface area contributed by atoms with Crippen LogP contribution in [0.25, 0.3) is 15.9 Å². The smallest absolute Gasteiger partial charge is 0.376 e. The Bertz CT molecular complexity index is 1330. The molecule has 33 heavy (non-hydrogen) atoms. The molecule has 1 N–H and O–H groups in total. The van der Waals surface area contributed by atoms with Gasteiger partial charge >= 0.3 is 11.9 Å². The number of alkyl halides is 3. The molecule has 0 spiro atoms. The maximum atomic E-state index is 13.3. The zero-order valence-corrected chi connectivity index (χ0v) is 18.8. The average molecular weight is 481 g/mol. The van der Waals surface area contributed by atoms with Crippen molar-refractivity contribution in [3.05, 3.63) is 61.1 Å². The number of ether oxygens (including phenoxy) is 1. The van der Waals surface area contributed by atoms with E-state index in [0.717, 1.165) is 40.5 Å². The van der Waals surface area contributed by atoms with Crippen LogP contribution >= 0.6 is 11.3 Å². The Kier molecular flexibility index (Phi) is 6.19. The Morgan fingerprint density at radius 2 is 2.03 bits per heavy atom. The molecule has 0 bridgehead atoms. The van der Waals surface area contributed by atoms with Crippen molar-refractivity contribution < 1.29 is 22.7 Å². The van der Waals surface area contributed by atoms with Crippen molar-refractivity contribution in [2.24, 2.45) is 0 Å². The molecule has 1 fully saturated rings. The number of nitrogens with zero attached hydrogens (tertiary/aromatic N) is 2. The zero-order chi connectivity index (χ0) is 23.9. The van der Waals surface area contributed by atoms with Gasteiger partial charge in [0, 0.05) is 18.0 Å². The van der Waals surface area contributed by atoms with E-state index in [-0.39, 0.29) is 23.7 Å². The van der Waals surface area contributed by atoms with Crippen molar-refractivity contribution in [1.82, 2.24) is 14.5 Å². The summed E-state index contributed by atoms with van der Waals surface area (Å²) in [5.41, 5.74) is -2.16. The molecular formula is C22H22F3N3O4S. The highest BCUT2D eigenvalue weighted by Crippen LogP contribution is 2.31. The van der Waals surface area contributed by atoms with E-state index in [9.17, 15) is 27.6 Å². The monoisotopic (exact) mass is 481 g/mol. The SMILES string of the molecule is Cc1sc2c(c1C)c(=O)n(-c1cccc(C(F)(F)F)c1)c(=O)n2CC(=O)NC[C@@H]1CCCO1. The van der Waals surface area contributed by atoms with Gasteiger partial charge < -0.3 is 10.1 Å². The quantitative estimate of drug-likeness (QED) is 0.607. The Labute approximate surface area is 190 Å². The molecule has 7 nitrogen and oxygen atoms in total. The number of aromatic nitrogens is 2. The van der Waals surface area contributed by atoms with Crippen molar-refractivity contribution in [3.63, 3.8) is 0 Å². The van der Waals surface area contributed by atoms with E-state index in [2.05, 4.69) is 5.32 Å². The Morgan fingerprint density at radius 3 is 2.70 bits per heavy atom. The van der Waals surface area contributed by atoms with Gasteiger partial charge in [0.15, 0.2) is 0 Å². The summed E-state index contributed by atoms with van der Waals surface area (Å²) in [6.45, 7) is 4.04. The van der Waals surface area contributed by atoms with Crippen molar-refractivity contribution in [3.8, 4) is 5.69 Å². The summed E-state index contributed by atoms with van der Waals surface area (Å²) in [5.74, 6) is -0.452. The van der Waals surface area contributed by atoms with E-state index in [1.54, 1.807) is 13.8 Å². The third kappa shape index (κ3) is 4.47. The van der Waals surface area contributed by atoms with Gasteiger partial charge in [-0.15, -0.1) is 11.3 Å². The first-order valence-electron chi connectivity index (χ1n) is 10.4. The van der Waals surface area contributed by atoms with Crippen LogP contribution < -0.4 is 16.6 Å². The minimum atomic E-state index is -4.64. The van der Waals surface area contributed by atoms with Crippen LogP contribution in [0.5, 0.6) is 0 Å². The van der Waals surface area contributed by atoms with Crippen LogP contribution in [0, 0.1) is 13.8 Å². The van der Waals surface area contributed by atoms with Crippen LogP contribution in [0.1, 0.15) is 28.8 Å². The molecule has 1 aromatic carbocycles. The van der Waals surface area contributed by atoms with Gasteiger partial charge in [-0.25, -0.2) is 9.36 Å². The number of halogens is 3. The number of thiophene rings is 1. The summed E-state index contributed by atoms with van der Waals surface area (Å²) in [6, 6.07) is 4.02. The molecule has 3 heterocycles. The first kappa shape index (κ1) is 23.2. The molecular weight excluding hydrogens is 459 g/mol. The standard InChI is InChI=1S/C22H22F3N3O4S/c1-12-13(2)33-20-18(12)19(30)28(15-6-3-5-14(9-15)22(23,24)25)21(31)27(20)11-17(29)26-10-16-7-4-8-32-16/h3,5-6,9,16H,4,7-8,10-11H2,1-2H3,(H,26,29)/t16-/m0/s1. The molecule has 3 aromatic rings. The number of carbonyl (C=O) groups is 1. The van der Waals surface area contributed by atoms with Crippen molar-refractivity contribution in [2.75, 3.05) is 13.2 Å². The summed E-state index contributed by atoms with van der Waals surface area (Å²) in [7, 11) is 0. The average Bonchev–Trinajstić information content (AvgIpc) is 3.38. The Hall–Kier alpha value is -2.92. The normalized spacial score (nSPS) is 16.5. The third-order valence-corrected chi connectivity index (χ3v) is 6.97. The maximum Gasteiger partial charge on any atom is 0.416 e. The van der Waals surface area contributed by atoms with Gasteiger partial charge in [-0.05, 0) is 50.5 Å². The molecule has 2 aromatic heterocycles. The van der Waals surface area contributed by atoms with E-state index in [0.29, 0.717) is 28.1 Å². The highest BCUT2D eigenvalue weighted by molar-refractivity contribution is 7.18. The lowest BCUT2D eigenvalue weighted by Gasteiger charge is -2.15. The molecule has 0 saturated carbocycles. The fraction of sp³-hybridized carbons (Fsp3) is 0.409. The molecule has 176 valence electrons. The number of nitrogens with one attached hydrogen (secondary N) is 1. The fourth-order valence-electron chi connectivity index (χ4n) is 3.88. The molecule has 4 rings (SSSR count). The van der Waals surface area contributed by atoms with Crippen molar-refractivity contribution >= 4 is 27.5 Å². The van der Waals surface area contributed by atoms with Crippen molar-refractivity contribution in [2.45, 2.75) is 45.5 Å². The predicted molar refractivity (Wildman–Crippen MR) is 118 cm³/mol. The van der Waals surface area contributed by atoms with E-state index < -0.39 is 28.9 Å². The lowest BCUT2D eigenvalue weighted by Crippen LogP contribution is -2.42. The summed E-state index contributed by atoms with van der Waals surface area (Å²) in [5, 5.41) is 2.94. The van der Waals surface area contributed by atoms with Crippen LogP contribution in [-0.2, 0) is 22.3 Å². The molecule has 1 saturated heterocycles. The lowest BCUT2D eigenvalue weighted by molar-refractivity contribution is -0.137. The second-order valence-corrected chi connectivity index (χ2v) is 9.16. The maximum absolute atomic E-state index is 13.3. The number of rotatable bonds is 5. The van der Waals surface area contributed by atoms with Gasteiger partial charge in [0.25, 0.3) is 5.56 Å². The molecule has 1 amide bonds. The van der Waals surface area contributed by atoms with Gasteiger partial charge in [-0.1, -0.05) is 6.07 Å². The molecule has 0 unspecified atom stereocenters. The number of hydrogen-bond acceptors (Lipinski definition) is 5. The summed E-state index contributed by atoms with van der Waals surface area (Å²) in [6.07, 6.45) is -2.99. The number of hydrogen-bond donors (Lipinski definition) is 1. The minimum Gasteiger partial charge on any atom is -0.376 e. The van der Waals surface area contributed by atoms with Crippen LogP contribution in [0.15, 0.2) is 33.9 Å². The summed E-state index contributed by atoms with van der Waals surface area (Å²) >= 11 is 1.20. The molecule has 11 heteroatoms.